The highest BCUT2D eigenvalue weighted by Crippen LogP contribution is 2.40. The zero-order valence-electron chi connectivity index (χ0n) is 22.3. The molecular weight excluding hydrogens is 472 g/mol. The van der Waals surface area contributed by atoms with E-state index in [4.69, 9.17) is 18.9 Å². The number of carbonyl (C=O) groups is 1. The summed E-state index contributed by atoms with van der Waals surface area (Å²) in [5, 5.41) is 8.87. The molecule has 1 atom stereocenters. The van der Waals surface area contributed by atoms with Gasteiger partial charge in [-0.15, -0.1) is 10.2 Å². The van der Waals surface area contributed by atoms with Gasteiger partial charge in [-0.3, -0.25) is 4.79 Å². The largest absolute Gasteiger partial charge is 0.493 e. The van der Waals surface area contributed by atoms with E-state index in [1.807, 2.05) is 54.3 Å². The van der Waals surface area contributed by atoms with Crippen molar-refractivity contribution in [2.24, 2.45) is 0 Å². The Hall–Kier alpha value is -4.01. The van der Waals surface area contributed by atoms with Gasteiger partial charge in [0.25, 0.3) is 5.91 Å². The fraction of sp³-hybridized carbons (Fsp3) is 0.393. The monoisotopic (exact) mass is 506 g/mol. The second-order valence-electron chi connectivity index (χ2n) is 9.01. The molecule has 37 heavy (non-hydrogen) atoms. The van der Waals surface area contributed by atoms with Gasteiger partial charge in [0.15, 0.2) is 23.4 Å². The Kier molecular flexibility index (Phi) is 8.01. The molecule has 0 aliphatic carbocycles. The van der Waals surface area contributed by atoms with Crippen molar-refractivity contribution in [1.29, 1.82) is 0 Å². The molecule has 9 nitrogen and oxygen atoms in total. The van der Waals surface area contributed by atoms with Crippen LogP contribution in [0.25, 0.3) is 11.3 Å². The van der Waals surface area contributed by atoms with Crippen LogP contribution in [0.1, 0.15) is 18.1 Å². The topological polar surface area (TPSA) is 86.3 Å². The quantitative estimate of drug-likeness (QED) is 0.455. The second-order valence-corrected chi connectivity index (χ2v) is 9.01. The maximum atomic E-state index is 13.0. The number of carbonyl (C=O) groups excluding carboxylic acids is 1. The number of amides is 1. The average Bonchev–Trinajstić information content (AvgIpc) is 2.93. The molecule has 3 aromatic rings. The van der Waals surface area contributed by atoms with Crippen LogP contribution in [0.3, 0.4) is 0 Å². The number of anilines is 1. The molecule has 0 spiro atoms. The van der Waals surface area contributed by atoms with Gasteiger partial charge in [0, 0.05) is 31.7 Å². The molecule has 0 N–H and O–H groups in total. The summed E-state index contributed by atoms with van der Waals surface area (Å²) in [5.74, 6) is 3.10. The van der Waals surface area contributed by atoms with Crippen LogP contribution < -0.4 is 23.8 Å². The number of hydrogen-bond acceptors (Lipinski definition) is 8. The van der Waals surface area contributed by atoms with Gasteiger partial charge in [0.05, 0.1) is 27.0 Å². The summed E-state index contributed by atoms with van der Waals surface area (Å²) < 4.78 is 22.2. The Labute approximate surface area is 217 Å². The third-order valence-corrected chi connectivity index (χ3v) is 6.67. The number of ether oxygens (including phenoxy) is 4. The Morgan fingerprint density at radius 3 is 2.05 bits per heavy atom. The number of hydrogen-bond donors (Lipinski definition) is 0. The molecule has 1 amide bonds. The minimum absolute atomic E-state index is 0.0123. The van der Waals surface area contributed by atoms with Gasteiger partial charge in [-0.2, -0.15) is 0 Å². The smallest absolute Gasteiger partial charge is 0.263 e. The van der Waals surface area contributed by atoms with E-state index in [2.05, 4.69) is 22.0 Å². The zero-order chi connectivity index (χ0) is 26.5. The molecule has 2 aromatic carbocycles. The first kappa shape index (κ1) is 26.1. The minimum Gasteiger partial charge on any atom is -0.493 e. The van der Waals surface area contributed by atoms with E-state index >= 15 is 0 Å². The molecule has 1 fully saturated rings. The van der Waals surface area contributed by atoms with Gasteiger partial charge in [0.1, 0.15) is 5.75 Å². The Bertz CT molecular complexity index is 1210. The highest BCUT2D eigenvalue weighted by atomic mass is 16.5. The average molecular weight is 507 g/mol. The van der Waals surface area contributed by atoms with Crippen LogP contribution >= 0.6 is 0 Å². The molecule has 4 rings (SSSR count). The van der Waals surface area contributed by atoms with Crippen LogP contribution in [0.2, 0.25) is 0 Å². The van der Waals surface area contributed by atoms with Crippen LogP contribution in [-0.2, 0) is 4.79 Å². The third kappa shape index (κ3) is 5.71. The Morgan fingerprint density at radius 1 is 0.838 bits per heavy atom. The van der Waals surface area contributed by atoms with Gasteiger partial charge in [0.2, 0.25) is 5.75 Å². The van der Waals surface area contributed by atoms with Gasteiger partial charge >= 0.3 is 0 Å². The van der Waals surface area contributed by atoms with E-state index < -0.39 is 6.10 Å². The fourth-order valence-corrected chi connectivity index (χ4v) is 4.33. The van der Waals surface area contributed by atoms with E-state index in [9.17, 15) is 4.79 Å². The molecule has 0 radical (unpaired) electrons. The van der Waals surface area contributed by atoms with Gasteiger partial charge in [-0.05, 0) is 68.3 Å². The molecule has 2 heterocycles. The summed E-state index contributed by atoms with van der Waals surface area (Å²) in [7, 11) is 4.73. The molecule has 0 bridgehead atoms. The number of benzene rings is 2. The molecule has 9 heteroatoms. The lowest BCUT2D eigenvalue weighted by molar-refractivity contribution is -0.138. The van der Waals surface area contributed by atoms with Crippen molar-refractivity contribution < 1.29 is 23.7 Å². The molecule has 196 valence electrons. The van der Waals surface area contributed by atoms with Crippen molar-refractivity contribution in [3.05, 3.63) is 53.6 Å². The fourth-order valence-electron chi connectivity index (χ4n) is 4.33. The normalized spacial score (nSPS) is 14.2. The standard InChI is InChI=1S/C28H34N4O5/c1-18-7-8-22(15-19(18)2)37-20(3)28(33)32-13-11-31(12-14-32)26-10-9-23(29-30-26)21-16-24(34-4)27(36-6)25(17-21)35-5/h7-10,15-17,20H,11-14H2,1-6H3. The summed E-state index contributed by atoms with van der Waals surface area (Å²) in [6.45, 7) is 8.41. The van der Waals surface area contributed by atoms with Crippen molar-refractivity contribution >= 4 is 11.7 Å². The lowest BCUT2D eigenvalue weighted by Crippen LogP contribution is -2.52. The summed E-state index contributed by atoms with van der Waals surface area (Å²) in [6, 6.07) is 13.4. The molecule has 1 unspecified atom stereocenters. The molecular formula is C28H34N4O5. The van der Waals surface area contributed by atoms with Crippen LogP contribution in [0.15, 0.2) is 42.5 Å². The Balaban J connectivity index is 1.37. The minimum atomic E-state index is -0.550. The lowest BCUT2D eigenvalue weighted by atomic mass is 10.1. The predicted octanol–water partition coefficient (Wildman–Crippen LogP) is 3.90. The predicted molar refractivity (Wildman–Crippen MR) is 142 cm³/mol. The SMILES string of the molecule is COc1cc(-c2ccc(N3CCN(C(=O)C(C)Oc4ccc(C)c(C)c4)CC3)nn2)cc(OC)c1OC. The van der Waals surface area contributed by atoms with E-state index in [0.29, 0.717) is 54.9 Å². The summed E-state index contributed by atoms with van der Waals surface area (Å²) >= 11 is 0. The number of methoxy groups -OCH3 is 3. The number of nitrogens with zero attached hydrogens (tertiary/aromatic N) is 4. The van der Waals surface area contributed by atoms with Gasteiger partial charge < -0.3 is 28.7 Å². The van der Waals surface area contributed by atoms with E-state index in [-0.39, 0.29) is 5.91 Å². The van der Waals surface area contributed by atoms with E-state index in [1.165, 1.54) is 5.56 Å². The summed E-state index contributed by atoms with van der Waals surface area (Å²) in [6.07, 6.45) is -0.550. The molecule has 1 aliphatic heterocycles. The van der Waals surface area contributed by atoms with Crippen LogP contribution in [0.5, 0.6) is 23.0 Å². The zero-order valence-corrected chi connectivity index (χ0v) is 22.3. The first-order valence-corrected chi connectivity index (χ1v) is 12.3. The van der Waals surface area contributed by atoms with Crippen molar-refractivity contribution in [2.75, 3.05) is 52.4 Å². The van der Waals surface area contributed by atoms with Crippen LogP contribution in [-0.4, -0.2) is 74.6 Å². The first-order chi connectivity index (χ1) is 17.8. The third-order valence-electron chi connectivity index (χ3n) is 6.67. The van der Waals surface area contributed by atoms with Crippen molar-refractivity contribution in [3.63, 3.8) is 0 Å². The van der Waals surface area contributed by atoms with Crippen LogP contribution in [0, 0.1) is 13.8 Å². The van der Waals surface area contributed by atoms with Crippen LogP contribution in [0.4, 0.5) is 5.82 Å². The van der Waals surface area contributed by atoms with Crippen molar-refractivity contribution in [3.8, 4) is 34.3 Å². The summed E-state index contributed by atoms with van der Waals surface area (Å²) in [4.78, 5) is 17.0. The number of aromatic nitrogens is 2. The number of piperazine rings is 1. The highest BCUT2D eigenvalue weighted by molar-refractivity contribution is 5.81. The maximum Gasteiger partial charge on any atom is 0.263 e. The summed E-state index contributed by atoms with van der Waals surface area (Å²) in [5.41, 5.74) is 3.83. The van der Waals surface area contributed by atoms with Gasteiger partial charge in [-0.25, -0.2) is 0 Å². The lowest BCUT2D eigenvalue weighted by Gasteiger charge is -2.36. The molecule has 1 aromatic heterocycles. The van der Waals surface area contributed by atoms with E-state index in [1.54, 1.807) is 28.3 Å². The second kappa shape index (κ2) is 11.4. The highest BCUT2D eigenvalue weighted by Gasteiger charge is 2.27. The van der Waals surface area contributed by atoms with Crippen molar-refractivity contribution in [1.82, 2.24) is 15.1 Å². The van der Waals surface area contributed by atoms with E-state index in [0.717, 1.165) is 16.9 Å². The first-order valence-electron chi connectivity index (χ1n) is 12.3. The molecule has 0 saturated carbocycles. The molecule has 1 aliphatic rings. The maximum absolute atomic E-state index is 13.0. The van der Waals surface area contributed by atoms with Crippen molar-refractivity contribution in [2.45, 2.75) is 26.9 Å². The molecule has 1 saturated heterocycles. The number of aryl methyl sites for hydroxylation is 2. The van der Waals surface area contributed by atoms with Gasteiger partial charge in [-0.1, -0.05) is 6.07 Å². The Morgan fingerprint density at radius 2 is 1.51 bits per heavy atom. The number of rotatable bonds is 8.